The fraction of sp³-hybridized carbons (Fsp3) is 1.00. The normalized spacial score (nSPS) is 22.7. The second-order valence-corrected chi connectivity index (χ2v) is 3.07. The summed E-state index contributed by atoms with van der Waals surface area (Å²) in [5.41, 5.74) is 0. The second-order valence-electron chi connectivity index (χ2n) is 3.07. The van der Waals surface area contributed by atoms with Gasteiger partial charge in [-0.1, -0.05) is 0 Å². The highest BCUT2D eigenvalue weighted by molar-refractivity contribution is 4.81. The van der Waals surface area contributed by atoms with Crippen molar-refractivity contribution in [2.24, 2.45) is 0 Å². The number of aliphatic hydroxyl groups excluding tert-OH is 6. The van der Waals surface area contributed by atoms with E-state index in [-0.39, 0.29) is 13.2 Å². The first-order chi connectivity index (χ1) is 7.45. The van der Waals surface area contributed by atoms with Gasteiger partial charge in [-0.05, 0) is 0 Å². The van der Waals surface area contributed by atoms with E-state index >= 15 is 0 Å². The Bertz CT molecular complexity index is 186. The third-order valence-corrected chi connectivity index (χ3v) is 1.83. The Labute approximate surface area is 89.0 Å². The highest BCUT2D eigenvalue weighted by Gasteiger charge is 2.29. The molecule has 0 saturated carbocycles. The van der Waals surface area contributed by atoms with Crippen molar-refractivity contribution in [3.05, 3.63) is 0 Å². The van der Waals surface area contributed by atoms with Crippen LogP contribution in [0, 0.1) is 0 Å². The van der Waals surface area contributed by atoms with E-state index in [1.54, 1.807) is 0 Å². The predicted octanol–water partition coefficient (Wildman–Crippen LogP) is -4.00. The van der Waals surface area contributed by atoms with Crippen molar-refractivity contribution < 1.29 is 32.0 Å². The summed E-state index contributed by atoms with van der Waals surface area (Å²) < 4.78 is 7.32. The largest absolute Gasteiger partial charge is 0.395 e. The molecule has 1 unspecified atom stereocenters. The molecule has 0 heterocycles. The van der Waals surface area contributed by atoms with Crippen LogP contribution < -0.4 is 5.32 Å². The molecule has 0 aromatic heterocycles. The van der Waals surface area contributed by atoms with E-state index < -0.39 is 37.5 Å². The number of rotatable bonds is 8. The Hall–Kier alpha value is -0.280. The maximum atomic E-state index is 9.39. The molecular formula is C8H19NO6. The summed E-state index contributed by atoms with van der Waals surface area (Å²) in [6, 6.07) is 0. The van der Waals surface area contributed by atoms with Crippen molar-refractivity contribution in [1.82, 2.24) is 5.32 Å². The molecule has 0 aliphatic rings. The maximum absolute atomic E-state index is 9.39. The van der Waals surface area contributed by atoms with Crippen LogP contribution >= 0.6 is 0 Å². The van der Waals surface area contributed by atoms with E-state index in [1.165, 1.54) is 0 Å². The summed E-state index contributed by atoms with van der Waals surface area (Å²) >= 11 is 0. The van der Waals surface area contributed by atoms with Crippen LogP contribution in [-0.4, -0.2) is 81.3 Å². The number of nitrogens with one attached hydrogen (secondary N) is 1. The molecule has 7 heteroatoms. The summed E-state index contributed by atoms with van der Waals surface area (Å²) in [7, 11) is 0. The van der Waals surface area contributed by atoms with Gasteiger partial charge in [-0.3, -0.25) is 0 Å². The third-order valence-electron chi connectivity index (χ3n) is 1.83. The maximum Gasteiger partial charge on any atom is 0.111 e. The van der Waals surface area contributed by atoms with Gasteiger partial charge in [0.2, 0.25) is 0 Å². The SMILES string of the molecule is [2H]C(NCCO)[C@H](O)[C@@H](O)[C@H](O)[C@H](O)CO. The van der Waals surface area contributed by atoms with Crippen molar-refractivity contribution in [3.63, 3.8) is 0 Å². The minimum Gasteiger partial charge on any atom is -0.395 e. The number of hydrogen-bond donors (Lipinski definition) is 7. The average Bonchev–Trinajstić information content (AvgIpc) is 2.31. The quantitative estimate of drug-likeness (QED) is 0.224. The van der Waals surface area contributed by atoms with Gasteiger partial charge in [0.05, 0.1) is 19.3 Å². The standard InChI is InChI=1S/C8H19NO6/c10-2-1-9-3-5(12)7(14)8(15)6(13)4-11/h5-15H,1-4H2/t5-,6+,7+,8+/m0/s1/i3D/t3?,5-,6+,7+,8+. The molecule has 5 atom stereocenters. The first-order valence-corrected chi connectivity index (χ1v) is 4.55. The molecule has 92 valence electrons. The van der Waals surface area contributed by atoms with Gasteiger partial charge in [0, 0.05) is 14.4 Å². The van der Waals surface area contributed by atoms with E-state index in [0.717, 1.165) is 0 Å². The lowest BCUT2D eigenvalue weighted by atomic mass is 10.0. The van der Waals surface area contributed by atoms with Crippen LogP contribution in [0.3, 0.4) is 0 Å². The molecule has 0 aliphatic heterocycles. The summed E-state index contributed by atoms with van der Waals surface area (Å²) in [6.07, 6.45) is -6.75. The first-order valence-electron chi connectivity index (χ1n) is 5.13. The van der Waals surface area contributed by atoms with Crippen LogP contribution in [-0.2, 0) is 0 Å². The molecule has 15 heavy (non-hydrogen) atoms. The van der Waals surface area contributed by atoms with Crippen molar-refractivity contribution in [2.45, 2.75) is 24.4 Å². The van der Waals surface area contributed by atoms with Gasteiger partial charge in [-0.2, -0.15) is 0 Å². The number of aliphatic hydroxyl groups is 6. The lowest BCUT2D eigenvalue weighted by Gasteiger charge is -2.25. The van der Waals surface area contributed by atoms with Gasteiger partial charge >= 0.3 is 0 Å². The van der Waals surface area contributed by atoms with Gasteiger partial charge in [0.15, 0.2) is 0 Å². The van der Waals surface area contributed by atoms with E-state index in [1.807, 2.05) is 0 Å². The Morgan fingerprint density at radius 3 is 2.00 bits per heavy atom. The smallest absolute Gasteiger partial charge is 0.111 e. The second kappa shape index (κ2) is 7.94. The van der Waals surface area contributed by atoms with Gasteiger partial charge in [-0.25, -0.2) is 0 Å². The lowest BCUT2D eigenvalue weighted by Crippen LogP contribution is -2.49. The molecule has 0 radical (unpaired) electrons. The zero-order valence-electron chi connectivity index (χ0n) is 9.19. The van der Waals surface area contributed by atoms with Crippen molar-refractivity contribution >= 4 is 0 Å². The molecule has 0 spiro atoms. The van der Waals surface area contributed by atoms with E-state index in [0.29, 0.717) is 0 Å². The van der Waals surface area contributed by atoms with Crippen LogP contribution in [0.4, 0.5) is 0 Å². The summed E-state index contributed by atoms with van der Waals surface area (Å²) in [6.45, 7) is -2.27. The molecule has 0 aromatic rings. The fourth-order valence-corrected chi connectivity index (χ4v) is 0.905. The van der Waals surface area contributed by atoms with E-state index in [4.69, 9.17) is 16.7 Å². The van der Waals surface area contributed by atoms with Gasteiger partial charge in [-0.15, -0.1) is 0 Å². The van der Waals surface area contributed by atoms with Gasteiger partial charge < -0.3 is 36.0 Å². The Morgan fingerprint density at radius 2 is 1.53 bits per heavy atom. The molecule has 0 aromatic carbocycles. The third kappa shape index (κ3) is 5.38. The van der Waals surface area contributed by atoms with Gasteiger partial charge in [0.1, 0.15) is 18.3 Å². The molecule has 0 amide bonds. The average molecular weight is 226 g/mol. The minimum atomic E-state index is -1.77. The zero-order chi connectivity index (χ0) is 12.7. The minimum absolute atomic E-state index is 0.0522. The highest BCUT2D eigenvalue weighted by atomic mass is 16.4. The molecule has 0 bridgehead atoms. The van der Waals surface area contributed by atoms with Crippen molar-refractivity contribution in [2.75, 3.05) is 26.3 Å². The molecule has 7 N–H and O–H groups in total. The Morgan fingerprint density at radius 1 is 1.00 bits per heavy atom. The molecule has 0 aliphatic carbocycles. The van der Waals surface area contributed by atoms with Crippen molar-refractivity contribution in [1.29, 1.82) is 0 Å². The summed E-state index contributed by atoms with van der Waals surface area (Å²) in [5, 5.41) is 56.4. The number of hydrogen-bond acceptors (Lipinski definition) is 7. The fourth-order valence-electron chi connectivity index (χ4n) is 0.905. The summed E-state index contributed by atoms with van der Waals surface area (Å²) in [5.74, 6) is 0. The van der Waals surface area contributed by atoms with Gasteiger partial charge in [0.25, 0.3) is 0 Å². The monoisotopic (exact) mass is 226 g/mol. The van der Waals surface area contributed by atoms with E-state index in [9.17, 15) is 15.3 Å². The van der Waals surface area contributed by atoms with Crippen LogP contribution in [0.2, 0.25) is 0 Å². The highest BCUT2D eigenvalue weighted by Crippen LogP contribution is 2.04. The molecule has 7 nitrogen and oxygen atoms in total. The summed E-state index contributed by atoms with van der Waals surface area (Å²) in [4.78, 5) is 0. The van der Waals surface area contributed by atoms with Crippen LogP contribution in [0.5, 0.6) is 0 Å². The molecular weight excluding hydrogens is 206 g/mol. The van der Waals surface area contributed by atoms with E-state index in [2.05, 4.69) is 5.32 Å². The van der Waals surface area contributed by atoms with Crippen LogP contribution in [0.15, 0.2) is 0 Å². The van der Waals surface area contributed by atoms with Crippen molar-refractivity contribution in [3.8, 4) is 0 Å². The topological polar surface area (TPSA) is 133 Å². The Kier molecular flexibility index (Phi) is 6.77. The lowest BCUT2D eigenvalue weighted by molar-refractivity contribution is -0.114. The van der Waals surface area contributed by atoms with Crippen LogP contribution in [0.25, 0.3) is 0 Å². The first kappa shape index (κ1) is 12.8. The zero-order valence-corrected chi connectivity index (χ0v) is 8.19. The molecule has 0 fully saturated rings. The predicted molar refractivity (Wildman–Crippen MR) is 51.1 cm³/mol. The molecule has 0 rings (SSSR count). The molecule has 0 saturated heterocycles. The van der Waals surface area contributed by atoms with Crippen LogP contribution in [0.1, 0.15) is 1.37 Å². The Balaban J connectivity index is 4.19.